The van der Waals surface area contributed by atoms with E-state index in [2.05, 4.69) is 176 Å². The van der Waals surface area contributed by atoms with E-state index in [-0.39, 0.29) is 0 Å². The molecule has 0 atom stereocenters. The average molecular weight is 724 g/mol. The molecular weight excluding hydrogens is 695 g/mol. The Morgan fingerprint density at radius 1 is 0.278 bits per heavy atom. The zero-order chi connectivity index (χ0) is 35.6. The van der Waals surface area contributed by atoms with E-state index in [1.54, 1.807) is 22.7 Å². The van der Waals surface area contributed by atoms with Crippen molar-refractivity contribution >= 4 is 73.8 Å². The second-order valence-corrected chi connectivity index (χ2v) is 15.6. The van der Waals surface area contributed by atoms with Gasteiger partial charge in [-0.15, -0.1) is 22.7 Å². The summed E-state index contributed by atoms with van der Waals surface area (Å²) in [4.78, 5) is 16.3. The van der Waals surface area contributed by atoms with Crippen LogP contribution in [-0.4, -0.2) is 15.0 Å². The molecule has 252 valence electrons. The summed E-state index contributed by atoms with van der Waals surface area (Å²) in [5, 5.41) is 7.17. The molecule has 0 bridgehead atoms. The SMILES string of the molecule is c1ccc(-c2ccc3c(-c4ccccc4)cccc3c2-c2nc(-c3cccc4c3sc3ccccc34)nc(-c3cccc4c3sc3ccccc34)n2)cc1. The molecule has 54 heavy (non-hydrogen) atoms. The molecule has 0 saturated heterocycles. The molecule has 0 aliphatic rings. The van der Waals surface area contributed by atoms with E-state index in [0.717, 1.165) is 38.6 Å². The fourth-order valence-corrected chi connectivity index (χ4v) is 10.3. The maximum absolute atomic E-state index is 5.47. The van der Waals surface area contributed by atoms with Crippen molar-refractivity contribution in [1.29, 1.82) is 0 Å². The molecule has 11 aromatic rings. The molecule has 11 rings (SSSR count). The summed E-state index contributed by atoms with van der Waals surface area (Å²) in [5.41, 5.74) is 7.55. The van der Waals surface area contributed by atoms with Crippen LogP contribution in [0.4, 0.5) is 0 Å². The molecule has 0 saturated carbocycles. The van der Waals surface area contributed by atoms with Gasteiger partial charge in [-0.2, -0.15) is 0 Å². The van der Waals surface area contributed by atoms with Crippen molar-refractivity contribution in [2.24, 2.45) is 0 Å². The van der Waals surface area contributed by atoms with E-state index in [1.807, 2.05) is 0 Å². The maximum Gasteiger partial charge on any atom is 0.165 e. The first kappa shape index (κ1) is 31.0. The number of benzene rings is 8. The van der Waals surface area contributed by atoms with E-state index < -0.39 is 0 Å². The minimum absolute atomic E-state index is 0.654. The topological polar surface area (TPSA) is 38.7 Å². The fraction of sp³-hybridized carbons (Fsp3) is 0. The second-order valence-electron chi connectivity index (χ2n) is 13.5. The van der Waals surface area contributed by atoms with Crippen molar-refractivity contribution in [3.8, 4) is 56.4 Å². The van der Waals surface area contributed by atoms with Gasteiger partial charge in [0, 0.05) is 57.0 Å². The quantitative estimate of drug-likeness (QED) is 0.177. The van der Waals surface area contributed by atoms with E-state index in [0.29, 0.717) is 17.5 Å². The van der Waals surface area contributed by atoms with Gasteiger partial charge in [-0.05, 0) is 57.3 Å². The monoisotopic (exact) mass is 723 g/mol. The number of hydrogen-bond acceptors (Lipinski definition) is 5. The second kappa shape index (κ2) is 12.6. The van der Waals surface area contributed by atoms with Crippen molar-refractivity contribution in [3.63, 3.8) is 0 Å². The van der Waals surface area contributed by atoms with E-state index in [1.165, 1.54) is 51.5 Å². The first-order valence-electron chi connectivity index (χ1n) is 18.0. The van der Waals surface area contributed by atoms with Crippen LogP contribution in [-0.2, 0) is 0 Å². The summed E-state index contributed by atoms with van der Waals surface area (Å²) in [6.07, 6.45) is 0. The first-order chi connectivity index (χ1) is 26.8. The zero-order valence-corrected chi connectivity index (χ0v) is 30.5. The zero-order valence-electron chi connectivity index (χ0n) is 28.9. The van der Waals surface area contributed by atoms with E-state index in [4.69, 9.17) is 15.0 Å². The molecule has 5 heteroatoms. The number of hydrogen-bond donors (Lipinski definition) is 0. The van der Waals surface area contributed by atoms with Crippen LogP contribution in [0, 0.1) is 0 Å². The lowest BCUT2D eigenvalue weighted by Crippen LogP contribution is -2.02. The minimum Gasteiger partial charge on any atom is -0.208 e. The third-order valence-electron chi connectivity index (χ3n) is 10.4. The molecule has 0 fully saturated rings. The molecule has 0 spiro atoms. The Balaban J connectivity index is 1.25. The Hall–Kier alpha value is -6.53. The summed E-state index contributed by atoms with van der Waals surface area (Å²) < 4.78 is 4.85. The van der Waals surface area contributed by atoms with Crippen LogP contribution in [0.2, 0.25) is 0 Å². The molecule has 3 nitrogen and oxygen atoms in total. The van der Waals surface area contributed by atoms with Crippen LogP contribution < -0.4 is 0 Å². The van der Waals surface area contributed by atoms with Gasteiger partial charge in [0.25, 0.3) is 0 Å². The Morgan fingerprint density at radius 2 is 0.722 bits per heavy atom. The van der Waals surface area contributed by atoms with Gasteiger partial charge < -0.3 is 0 Å². The van der Waals surface area contributed by atoms with Crippen LogP contribution in [0.1, 0.15) is 0 Å². The fourth-order valence-electron chi connectivity index (χ4n) is 7.90. The maximum atomic E-state index is 5.47. The highest BCUT2D eigenvalue weighted by atomic mass is 32.1. The molecule has 3 aromatic heterocycles. The van der Waals surface area contributed by atoms with Gasteiger partial charge in [-0.25, -0.2) is 15.0 Å². The normalized spacial score (nSPS) is 11.7. The predicted molar refractivity (Wildman–Crippen MR) is 230 cm³/mol. The highest BCUT2D eigenvalue weighted by molar-refractivity contribution is 7.26. The molecule has 0 N–H and O–H groups in total. The lowest BCUT2D eigenvalue weighted by atomic mass is 9.90. The third-order valence-corrected chi connectivity index (χ3v) is 12.8. The number of rotatable bonds is 5. The van der Waals surface area contributed by atoms with Gasteiger partial charge in [0.2, 0.25) is 0 Å². The lowest BCUT2D eigenvalue weighted by molar-refractivity contribution is 1.08. The largest absolute Gasteiger partial charge is 0.208 e. The van der Waals surface area contributed by atoms with Crippen LogP contribution in [0.5, 0.6) is 0 Å². The Morgan fingerprint density at radius 3 is 1.30 bits per heavy atom. The molecule has 3 heterocycles. The molecule has 0 unspecified atom stereocenters. The minimum atomic E-state index is 0.654. The van der Waals surface area contributed by atoms with Crippen molar-refractivity contribution in [3.05, 3.63) is 176 Å². The molecule has 0 radical (unpaired) electrons. The molecule has 0 aliphatic heterocycles. The Kier molecular flexibility index (Phi) is 7.22. The lowest BCUT2D eigenvalue weighted by Gasteiger charge is -2.17. The summed E-state index contributed by atoms with van der Waals surface area (Å²) in [5.74, 6) is 1.99. The van der Waals surface area contributed by atoms with E-state index >= 15 is 0 Å². The van der Waals surface area contributed by atoms with Gasteiger partial charge in [-0.3, -0.25) is 0 Å². The summed E-state index contributed by atoms with van der Waals surface area (Å²) >= 11 is 3.59. The summed E-state index contributed by atoms with van der Waals surface area (Å²) in [7, 11) is 0. The van der Waals surface area contributed by atoms with Crippen LogP contribution in [0.25, 0.3) is 108 Å². The van der Waals surface area contributed by atoms with Gasteiger partial charge in [0.15, 0.2) is 17.5 Å². The Bertz CT molecular complexity index is 3090. The van der Waals surface area contributed by atoms with Crippen molar-refractivity contribution in [1.82, 2.24) is 15.0 Å². The standard InChI is InChI=1S/C49H29N3S2/c1-3-14-30(15-4-1)32-20-11-21-37-34(32)29-28-33(31-16-5-2-6-17-31)44(37)49-51-47(40-24-12-22-38-35-18-7-9-26-42(35)53-45(38)40)50-48(52-49)41-25-13-23-39-36-19-8-10-27-43(36)54-46(39)41/h1-29H. The third kappa shape index (κ3) is 4.97. The highest BCUT2D eigenvalue weighted by Crippen LogP contribution is 2.44. The summed E-state index contributed by atoms with van der Waals surface area (Å²) in [6, 6.07) is 62.5. The molecule has 0 aliphatic carbocycles. The molecular formula is C49H29N3S2. The highest BCUT2D eigenvalue weighted by Gasteiger charge is 2.22. The smallest absolute Gasteiger partial charge is 0.165 e. The van der Waals surface area contributed by atoms with Gasteiger partial charge >= 0.3 is 0 Å². The van der Waals surface area contributed by atoms with E-state index in [9.17, 15) is 0 Å². The first-order valence-corrected chi connectivity index (χ1v) is 19.7. The van der Waals surface area contributed by atoms with Gasteiger partial charge in [0.1, 0.15) is 0 Å². The number of aromatic nitrogens is 3. The van der Waals surface area contributed by atoms with Gasteiger partial charge in [0.05, 0.1) is 0 Å². The van der Waals surface area contributed by atoms with Gasteiger partial charge in [-0.1, -0.05) is 152 Å². The average Bonchev–Trinajstić information content (AvgIpc) is 3.82. The molecule has 0 amide bonds. The molecule has 8 aromatic carbocycles. The van der Waals surface area contributed by atoms with Crippen LogP contribution >= 0.6 is 22.7 Å². The number of fused-ring (bicyclic) bond motifs is 7. The van der Waals surface area contributed by atoms with Crippen LogP contribution in [0.3, 0.4) is 0 Å². The summed E-state index contributed by atoms with van der Waals surface area (Å²) in [6.45, 7) is 0. The van der Waals surface area contributed by atoms with Crippen molar-refractivity contribution in [2.75, 3.05) is 0 Å². The van der Waals surface area contributed by atoms with Crippen molar-refractivity contribution < 1.29 is 0 Å². The predicted octanol–water partition coefficient (Wildman–Crippen LogP) is 14.1. The number of thiophene rings is 2. The van der Waals surface area contributed by atoms with Crippen molar-refractivity contribution in [2.45, 2.75) is 0 Å². The van der Waals surface area contributed by atoms with Crippen LogP contribution in [0.15, 0.2) is 176 Å². The Labute approximate surface area is 319 Å². The number of nitrogens with zero attached hydrogens (tertiary/aromatic N) is 3.